The molecule has 5 nitrogen and oxygen atoms in total. The number of carbonyl (C=O) groups is 1. The molecule has 1 unspecified atom stereocenters. The summed E-state index contributed by atoms with van der Waals surface area (Å²) in [6.07, 6.45) is 1.18. The average molecular weight is 388 g/mol. The molecule has 0 amide bonds. The number of aromatic nitrogens is 3. The van der Waals surface area contributed by atoms with Gasteiger partial charge in [-0.3, -0.25) is 4.79 Å². The monoisotopic (exact) mass is 388 g/mol. The van der Waals surface area contributed by atoms with E-state index >= 15 is 0 Å². The number of hydrogen-bond acceptors (Lipinski definition) is 4. The number of ketones is 1. The van der Waals surface area contributed by atoms with Crippen LogP contribution in [0.4, 0.5) is 10.3 Å². The van der Waals surface area contributed by atoms with Crippen LogP contribution < -0.4 is 5.32 Å². The smallest absolute Gasteiger partial charge is 0.226 e. The minimum Gasteiger partial charge on any atom is -0.328 e. The molecular weight excluding hydrogens is 367 g/mol. The van der Waals surface area contributed by atoms with Crippen molar-refractivity contribution in [3.63, 3.8) is 0 Å². The van der Waals surface area contributed by atoms with E-state index in [-0.39, 0.29) is 17.0 Å². The van der Waals surface area contributed by atoms with Crippen LogP contribution in [0.1, 0.15) is 38.3 Å². The van der Waals surface area contributed by atoms with Crippen LogP contribution in [-0.2, 0) is 4.79 Å². The Labute approximate surface area is 168 Å². The Bertz CT molecular complexity index is 1150. The van der Waals surface area contributed by atoms with Gasteiger partial charge in [0.1, 0.15) is 11.9 Å². The molecule has 1 aliphatic carbocycles. The number of fused-ring (bicyclic) bond motifs is 1. The van der Waals surface area contributed by atoms with Crippen molar-refractivity contribution < 1.29 is 9.18 Å². The van der Waals surface area contributed by atoms with E-state index in [2.05, 4.69) is 24.1 Å². The predicted molar refractivity (Wildman–Crippen MR) is 109 cm³/mol. The summed E-state index contributed by atoms with van der Waals surface area (Å²) in [4.78, 5) is 17.8. The molecule has 5 rings (SSSR count). The molecule has 1 atom stereocenters. The lowest BCUT2D eigenvalue weighted by Crippen LogP contribution is -2.36. The summed E-state index contributed by atoms with van der Waals surface area (Å²) in [5, 5.41) is 8.05. The Hall–Kier alpha value is -3.28. The van der Waals surface area contributed by atoms with Crippen LogP contribution in [0.15, 0.2) is 65.9 Å². The van der Waals surface area contributed by atoms with Crippen LogP contribution in [0.2, 0.25) is 0 Å². The van der Waals surface area contributed by atoms with E-state index in [1.54, 1.807) is 10.7 Å². The van der Waals surface area contributed by atoms with Gasteiger partial charge in [-0.1, -0.05) is 56.3 Å². The fourth-order valence-electron chi connectivity index (χ4n) is 4.30. The van der Waals surface area contributed by atoms with Gasteiger partial charge >= 0.3 is 0 Å². The maximum atomic E-state index is 14.1. The largest absolute Gasteiger partial charge is 0.328 e. The molecular formula is C23H21FN4O. The third-order valence-electron chi connectivity index (χ3n) is 5.53. The summed E-state index contributed by atoms with van der Waals surface area (Å²) in [5.74, 6) is 0.876. The number of halogens is 1. The summed E-state index contributed by atoms with van der Waals surface area (Å²) in [6, 6.07) is 15.6. The van der Waals surface area contributed by atoms with Gasteiger partial charge in [0.05, 0.1) is 0 Å². The third-order valence-corrected chi connectivity index (χ3v) is 5.53. The molecule has 0 saturated carbocycles. The van der Waals surface area contributed by atoms with Gasteiger partial charge in [0.15, 0.2) is 11.6 Å². The topological polar surface area (TPSA) is 59.8 Å². The highest BCUT2D eigenvalue weighted by Crippen LogP contribution is 2.45. The summed E-state index contributed by atoms with van der Waals surface area (Å²) in [5.41, 5.74) is 2.96. The molecule has 0 spiro atoms. The van der Waals surface area contributed by atoms with Crippen molar-refractivity contribution in [3.05, 3.63) is 77.2 Å². The van der Waals surface area contributed by atoms with Crippen molar-refractivity contribution in [2.75, 3.05) is 5.32 Å². The Morgan fingerprint density at radius 2 is 1.90 bits per heavy atom. The molecule has 6 heteroatoms. The van der Waals surface area contributed by atoms with Gasteiger partial charge < -0.3 is 5.32 Å². The highest BCUT2D eigenvalue weighted by molar-refractivity contribution is 6.00. The molecule has 1 aromatic heterocycles. The summed E-state index contributed by atoms with van der Waals surface area (Å²) in [6.45, 7) is 4.17. The number of allylic oxidation sites excluding steroid dienone is 2. The zero-order valence-corrected chi connectivity index (χ0v) is 16.3. The minimum atomic E-state index is -0.495. The fraction of sp³-hybridized carbons (Fsp3) is 0.261. The van der Waals surface area contributed by atoms with Crippen molar-refractivity contribution in [2.45, 2.75) is 32.7 Å². The van der Waals surface area contributed by atoms with Gasteiger partial charge in [-0.2, -0.15) is 4.98 Å². The maximum Gasteiger partial charge on any atom is 0.226 e. The maximum absolute atomic E-state index is 14.1. The first-order chi connectivity index (χ1) is 13.9. The second-order valence-corrected chi connectivity index (χ2v) is 8.49. The van der Waals surface area contributed by atoms with E-state index in [4.69, 9.17) is 5.10 Å². The number of carbonyl (C=O) groups excluding carboxylic acids is 1. The van der Waals surface area contributed by atoms with Crippen LogP contribution >= 0.6 is 0 Å². The highest BCUT2D eigenvalue weighted by Gasteiger charge is 2.41. The zero-order valence-electron chi connectivity index (χ0n) is 16.3. The lowest BCUT2D eigenvalue weighted by Gasteiger charge is -2.38. The van der Waals surface area contributed by atoms with Crippen LogP contribution in [0, 0.1) is 11.2 Å². The molecule has 0 saturated heterocycles. The molecule has 1 N–H and O–H groups in total. The highest BCUT2D eigenvalue weighted by atomic mass is 19.1. The van der Waals surface area contributed by atoms with E-state index in [0.29, 0.717) is 29.3 Å². The quantitative estimate of drug-likeness (QED) is 0.689. The Kier molecular flexibility index (Phi) is 3.91. The molecule has 0 fully saturated rings. The van der Waals surface area contributed by atoms with E-state index in [1.807, 2.05) is 36.4 Å². The summed E-state index contributed by atoms with van der Waals surface area (Å²) in [7, 11) is 0. The Morgan fingerprint density at radius 1 is 1.10 bits per heavy atom. The van der Waals surface area contributed by atoms with Crippen LogP contribution in [0.25, 0.3) is 11.4 Å². The number of hydrogen-bond donors (Lipinski definition) is 1. The van der Waals surface area contributed by atoms with E-state index < -0.39 is 6.04 Å². The van der Waals surface area contributed by atoms with Crippen molar-refractivity contribution in [3.8, 4) is 11.4 Å². The zero-order chi connectivity index (χ0) is 20.2. The summed E-state index contributed by atoms with van der Waals surface area (Å²) >= 11 is 0. The molecule has 1 aliphatic heterocycles. The fourth-order valence-corrected chi connectivity index (χ4v) is 4.30. The first-order valence-electron chi connectivity index (χ1n) is 9.72. The van der Waals surface area contributed by atoms with Gasteiger partial charge in [-0.15, -0.1) is 5.10 Å². The molecule has 2 aliphatic rings. The number of nitrogens with zero attached hydrogens (tertiary/aromatic N) is 3. The molecule has 3 aromatic rings. The second-order valence-electron chi connectivity index (χ2n) is 8.49. The number of rotatable bonds is 2. The number of Topliss-reactive ketones (excluding diaryl/α,β-unsaturated/α-hetero) is 1. The average Bonchev–Trinajstić information content (AvgIpc) is 3.09. The number of benzene rings is 2. The molecule has 2 heterocycles. The van der Waals surface area contributed by atoms with Crippen molar-refractivity contribution in [1.82, 2.24) is 14.8 Å². The molecule has 0 bridgehead atoms. The van der Waals surface area contributed by atoms with E-state index in [1.165, 1.54) is 12.1 Å². The van der Waals surface area contributed by atoms with Crippen LogP contribution in [-0.4, -0.2) is 20.5 Å². The lowest BCUT2D eigenvalue weighted by atomic mass is 9.73. The normalized spacial score (nSPS) is 20.1. The lowest BCUT2D eigenvalue weighted by molar-refractivity contribution is -0.118. The van der Waals surface area contributed by atoms with Gasteiger partial charge in [0.2, 0.25) is 5.95 Å². The minimum absolute atomic E-state index is 0.0698. The standard InChI is InChI=1S/C23H21FN4O/c1-23(2)12-17-19(18(29)13-23)20(15-9-6-10-16(24)11-15)28-22(25-17)26-21(27-28)14-7-4-3-5-8-14/h3-11,20H,12-13H2,1-2H3,(H,25,26,27). The van der Waals surface area contributed by atoms with Crippen LogP contribution in [0.5, 0.6) is 0 Å². The Morgan fingerprint density at radius 3 is 2.66 bits per heavy atom. The van der Waals surface area contributed by atoms with Crippen molar-refractivity contribution in [1.29, 1.82) is 0 Å². The summed E-state index contributed by atoms with van der Waals surface area (Å²) < 4.78 is 15.8. The molecule has 0 radical (unpaired) electrons. The van der Waals surface area contributed by atoms with Crippen molar-refractivity contribution in [2.24, 2.45) is 5.41 Å². The van der Waals surface area contributed by atoms with Crippen molar-refractivity contribution >= 4 is 11.7 Å². The van der Waals surface area contributed by atoms with Crippen LogP contribution in [0.3, 0.4) is 0 Å². The van der Waals surface area contributed by atoms with Gasteiger partial charge in [-0.25, -0.2) is 9.07 Å². The predicted octanol–water partition coefficient (Wildman–Crippen LogP) is 4.74. The third kappa shape index (κ3) is 3.05. The molecule has 2 aromatic carbocycles. The van der Waals surface area contributed by atoms with E-state index in [9.17, 15) is 9.18 Å². The van der Waals surface area contributed by atoms with E-state index in [0.717, 1.165) is 17.7 Å². The van der Waals surface area contributed by atoms with Gasteiger partial charge in [0.25, 0.3) is 0 Å². The molecule has 146 valence electrons. The molecule has 29 heavy (non-hydrogen) atoms. The first-order valence-corrected chi connectivity index (χ1v) is 9.72. The van der Waals surface area contributed by atoms with Gasteiger partial charge in [0, 0.05) is 23.3 Å². The Balaban J connectivity index is 1.70. The number of anilines is 1. The second kappa shape index (κ2) is 6.37. The van der Waals surface area contributed by atoms with Gasteiger partial charge in [-0.05, 0) is 29.5 Å². The number of nitrogens with one attached hydrogen (secondary N) is 1. The SMILES string of the molecule is CC1(C)CC(=O)C2=C(C1)Nc1nc(-c3ccccc3)nn1C2c1cccc(F)c1. The first kappa shape index (κ1) is 17.8.